The van der Waals surface area contributed by atoms with Crippen LogP contribution in [-0.2, 0) is 17.6 Å². The molecule has 0 bridgehead atoms. The van der Waals surface area contributed by atoms with Crippen LogP contribution >= 0.6 is 0 Å². The maximum Gasteiger partial charge on any atom is 0.410 e. The van der Waals surface area contributed by atoms with Crippen LogP contribution in [0.15, 0.2) is 4.52 Å². The molecule has 0 saturated carbocycles. The van der Waals surface area contributed by atoms with Crippen LogP contribution in [0.25, 0.3) is 0 Å². The Morgan fingerprint density at radius 1 is 1.48 bits per heavy atom. The van der Waals surface area contributed by atoms with Crippen LogP contribution in [0.5, 0.6) is 0 Å². The largest absolute Gasteiger partial charge is 0.444 e. The lowest BCUT2D eigenvalue weighted by atomic mass is 9.90. The molecule has 2 heterocycles. The van der Waals surface area contributed by atoms with E-state index >= 15 is 0 Å². The number of hydrogen-bond donors (Lipinski definition) is 1. The molecule has 0 spiro atoms. The molecule has 23 heavy (non-hydrogen) atoms. The number of carbonyl (C=O) groups is 1. The number of aromatic nitrogens is 2. The molecule has 1 atom stereocenters. The summed E-state index contributed by atoms with van der Waals surface area (Å²) in [4.78, 5) is 18.0. The van der Waals surface area contributed by atoms with Crippen molar-refractivity contribution in [3.8, 4) is 0 Å². The molecule has 1 aliphatic rings. The van der Waals surface area contributed by atoms with Crippen LogP contribution in [0.4, 0.5) is 4.79 Å². The first-order chi connectivity index (χ1) is 10.7. The molecule has 1 saturated heterocycles. The molecule has 1 fully saturated rings. The predicted molar refractivity (Wildman–Crippen MR) is 84.0 cm³/mol. The average Bonchev–Trinajstić information content (AvgIpc) is 2.84. The Bertz CT molecular complexity index is 538. The first kappa shape index (κ1) is 17.7. The van der Waals surface area contributed by atoms with E-state index in [0.29, 0.717) is 31.1 Å². The summed E-state index contributed by atoms with van der Waals surface area (Å²) in [6, 6.07) is 0. The number of β-amino-alcohol motifs (C(OH)–C–C–N with tert-alkyl or cyclic N) is 1. The van der Waals surface area contributed by atoms with E-state index in [1.54, 1.807) is 4.90 Å². The van der Waals surface area contributed by atoms with Crippen molar-refractivity contribution >= 4 is 6.09 Å². The molecule has 0 unspecified atom stereocenters. The molecule has 0 aliphatic carbocycles. The molecular formula is C16H27N3O4. The number of nitrogens with zero attached hydrogens (tertiary/aromatic N) is 3. The van der Waals surface area contributed by atoms with Gasteiger partial charge in [0.05, 0.1) is 18.6 Å². The van der Waals surface area contributed by atoms with Crippen LogP contribution in [0.1, 0.15) is 58.7 Å². The summed E-state index contributed by atoms with van der Waals surface area (Å²) in [5, 5.41) is 14.7. The summed E-state index contributed by atoms with van der Waals surface area (Å²) < 4.78 is 10.6. The Labute approximate surface area is 137 Å². The lowest BCUT2D eigenvalue weighted by Gasteiger charge is -2.38. The molecule has 1 aromatic rings. The van der Waals surface area contributed by atoms with E-state index < -0.39 is 17.3 Å². The molecule has 1 amide bonds. The molecule has 130 valence electrons. The molecule has 1 N–H and O–H groups in total. The van der Waals surface area contributed by atoms with Crippen molar-refractivity contribution < 1.29 is 19.2 Å². The highest BCUT2D eigenvalue weighted by Crippen LogP contribution is 2.26. The summed E-state index contributed by atoms with van der Waals surface area (Å²) in [6.45, 7) is 8.33. The molecule has 1 aliphatic heterocycles. The van der Waals surface area contributed by atoms with E-state index in [-0.39, 0.29) is 13.0 Å². The molecule has 2 rings (SSSR count). The van der Waals surface area contributed by atoms with Gasteiger partial charge in [-0.1, -0.05) is 12.1 Å². The number of aryl methyl sites for hydroxylation is 1. The maximum atomic E-state index is 12.2. The van der Waals surface area contributed by atoms with Crippen molar-refractivity contribution in [1.82, 2.24) is 15.0 Å². The Kier molecular flexibility index (Phi) is 5.29. The third kappa shape index (κ3) is 5.20. The van der Waals surface area contributed by atoms with Gasteiger partial charge in [-0.15, -0.1) is 0 Å². The Hall–Kier alpha value is -1.63. The Balaban J connectivity index is 1.98. The maximum absolute atomic E-state index is 12.2. The molecule has 0 aromatic carbocycles. The number of aliphatic hydroxyl groups is 1. The van der Waals surface area contributed by atoms with Gasteiger partial charge >= 0.3 is 6.09 Å². The summed E-state index contributed by atoms with van der Waals surface area (Å²) in [5.74, 6) is 1.08. The van der Waals surface area contributed by atoms with Gasteiger partial charge in [0.2, 0.25) is 5.89 Å². The number of amides is 1. The monoisotopic (exact) mass is 325 g/mol. The van der Waals surface area contributed by atoms with Gasteiger partial charge in [0.25, 0.3) is 0 Å². The quantitative estimate of drug-likeness (QED) is 0.914. The van der Waals surface area contributed by atoms with Crippen molar-refractivity contribution in [3.05, 3.63) is 11.7 Å². The first-order valence-corrected chi connectivity index (χ1v) is 8.22. The summed E-state index contributed by atoms with van der Waals surface area (Å²) >= 11 is 0. The van der Waals surface area contributed by atoms with Crippen LogP contribution in [-0.4, -0.2) is 50.5 Å². The zero-order chi connectivity index (χ0) is 17.1. The van der Waals surface area contributed by atoms with E-state index in [1.165, 1.54) is 0 Å². The molecule has 7 nitrogen and oxygen atoms in total. The van der Waals surface area contributed by atoms with Gasteiger partial charge in [0.15, 0.2) is 5.82 Å². The summed E-state index contributed by atoms with van der Waals surface area (Å²) in [5.41, 5.74) is -1.60. The average molecular weight is 325 g/mol. The summed E-state index contributed by atoms with van der Waals surface area (Å²) in [6.07, 6.45) is 2.86. The van der Waals surface area contributed by atoms with Crippen molar-refractivity contribution in [2.45, 2.75) is 71.0 Å². The molecular weight excluding hydrogens is 298 g/mol. The summed E-state index contributed by atoms with van der Waals surface area (Å²) in [7, 11) is 0. The fourth-order valence-electron chi connectivity index (χ4n) is 2.71. The highest BCUT2D eigenvalue weighted by atomic mass is 16.6. The number of likely N-dealkylation sites (tertiary alicyclic amines) is 1. The van der Waals surface area contributed by atoms with Gasteiger partial charge in [-0.2, -0.15) is 4.98 Å². The number of hydrogen-bond acceptors (Lipinski definition) is 6. The minimum Gasteiger partial charge on any atom is -0.444 e. The van der Waals surface area contributed by atoms with Crippen LogP contribution in [0.3, 0.4) is 0 Å². The fraction of sp³-hybridized carbons (Fsp3) is 0.812. The lowest BCUT2D eigenvalue weighted by molar-refractivity contribution is -0.0458. The number of carbonyl (C=O) groups excluding carboxylic acids is 1. The number of ether oxygens (including phenoxy) is 1. The lowest BCUT2D eigenvalue weighted by Crippen LogP contribution is -2.52. The highest BCUT2D eigenvalue weighted by molar-refractivity contribution is 5.68. The van der Waals surface area contributed by atoms with Gasteiger partial charge < -0.3 is 19.3 Å². The number of piperidine rings is 1. The molecule has 7 heteroatoms. The van der Waals surface area contributed by atoms with Gasteiger partial charge in [-0.3, -0.25) is 0 Å². The Morgan fingerprint density at radius 3 is 2.87 bits per heavy atom. The van der Waals surface area contributed by atoms with Crippen LogP contribution in [0, 0.1) is 0 Å². The van der Waals surface area contributed by atoms with E-state index in [1.807, 2.05) is 27.7 Å². The van der Waals surface area contributed by atoms with Crippen molar-refractivity contribution in [3.63, 3.8) is 0 Å². The van der Waals surface area contributed by atoms with Gasteiger partial charge in [-0.05, 0) is 40.0 Å². The zero-order valence-electron chi connectivity index (χ0n) is 14.5. The van der Waals surface area contributed by atoms with Gasteiger partial charge in [0, 0.05) is 13.0 Å². The van der Waals surface area contributed by atoms with E-state index in [4.69, 9.17) is 9.26 Å². The van der Waals surface area contributed by atoms with Crippen molar-refractivity contribution in [2.75, 3.05) is 13.1 Å². The van der Waals surface area contributed by atoms with Crippen molar-refractivity contribution in [1.29, 1.82) is 0 Å². The fourth-order valence-corrected chi connectivity index (χ4v) is 2.71. The molecule has 0 radical (unpaired) electrons. The third-order valence-corrected chi connectivity index (χ3v) is 3.67. The van der Waals surface area contributed by atoms with Crippen LogP contribution < -0.4 is 0 Å². The smallest absolute Gasteiger partial charge is 0.410 e. The second-order valence-corrected chi connectivity index (χ2v) is 7.26. The second kappa shape index (κ2) is 6.86. The van der Waals surface area contributed by atoms with E-state index in [2.05, 4.69) is 10.1 Å². The topological polar surface area (TPSA) is 88.7 Å². The highest BCUT2D eigenvalue weighted by Gasteiger charge is 2.38. The minimum absolute atomic E-state index is 0.216. The van der Waals surface area contributed by atoms with Gasteiger partial charge in [-0.25, -0.2) is 4.79 Å². The predicted octanol–water partition coefficient (Wildman–Crippen LogP) is 2.33. The van der Waals surface area contributed by atoms with E-state index in [9.17, 15) is 9.90 Å². The first-order valence-electron chi connectivity index (χ1n) is 8.22. The van der Waals surface area contributed by atoms with Crippen LogP contribution in [0.2, 0.25) is 0 Å². The molecule has 1 aromatic heterocycles. The zero-order valence-corrected chi connectivity index (χ0v) is 14.5. The second-order valence-electron chi connectivity index (χ2n) is 7.26. The standard InChI is InChI=1S/C16H27N3O4/c1-5-7-12-17-13(23-18-12)10-16(21)8-6-9-19(11-16)14(20)22-15(2,3)4/h21H,5-11H2,1-4H3/t16-/m1/s1. The normalized spacial score (nSPS) is 22.2. The number of rotatable bonds is 4. The minimum atomic E-state index is -1.05. The Morgan fingerprint density at radius 2 is 2.22 bits per heavy atom. The van der Waals surface area contributed by atoms with Gasteiger partial charge in [0.1, 0.15) is 5.60 Å². The van der Waals surface area contributed by atoms with E-state index in [0.717, 1.165) is 12.8 Å². The van der Waals surface area contributed by atoms with Crippen molar-refractivity contribution in [2.24, 2.45) is 0 Å². The third-order valence-electron chi connectivity index (χ3n) is 3.67. The SMILES string of the molecule is CCCc1noc(C[C@]2(O)CCCN(C(=O)OC(C)(C)C)C2)n1.